The van der Waals surface area contributed by atoms with Crippen LogP contribution in [0.3, 0.4) is 0 Å². The van der Waals surface area contributed by atoms with Gasteiger partial charge in [0.15, 0.2) is 5.65 Å². The molecule has 2 aromatic carbocycles. The van der Waals surface area contributed by atoms with Crippen LogP contribution in [0, 0.1) is 5.82 Å². The molecular weight excluding hydrogens is 369 g/mol. The molecule has 2 aromatic heterocycles. The summed E-state index contributed by atoms with van der Waals surface area (Å²) < 4.78 is 17.4. The summed E-state index contributed by atoms with van der Waals surface area (Å²) in [6, 6.07) is 18.1. The van der Waals surface area contributed by atoms with Crippen molar-refractivity contribution in [1.29, 1.82) is 0 Å². The van der Waals surface area contributed by atoms with Crippen LogP contribution in [0.25, 0.3) is 11.3 Å². The first kappa shape index (κ1) is 17.6. The van der Waals surface area contributed by atoms with Crippen LogP contribution in [0.15, 0.2) is 71.7 Å². The predicted octanol–water partition coefficient (Wildman–Crippen LogP) is 3.21. The highest BCUT2D eigenvalue weighted by atomic mass is 19.1. The largest absolute Gasteiger partial charge is 0.355 e. The van der Waals surface area contributed by atoms with Crippen LogP contribution < -0.4 is 10.6 Å². The minimum atomic E-state index is -0.247. The molecule has 29 heavy (non-hydrogen) atoms. The van der Waals surface area contributed by atoms with E-state index in [0.717, 1.165) is 17.8 Å². The van der Waals surface area contributed by atoms with E-state index in [1.165, 1.54) is 15.1 Å². The number of halogens is 1. The van der Waals surface area contributed by atoms with Gasteiger partial charge in [-0.05, 0) is 55.1 Å². The topological polar surface area (TPSA) is 45.8 Å². The van der Waals surface area contributed by atoms with E-state index < -0.39 is 0 Å². The van der Waals surface area contributed by atoms with E-state index in [9.17, 15) is 9.18 Å². The lowest BCUT2D eigenvalue weighted by atomic mass is 10.1. The molecule has 0 aliphatic carbocycles. The fourth-order valence-corrected chi connectivity index (χ4v) is 3.87. The molecule has 7 heteroatoms. The van der Waals surface area contributed by atoms with Gasteiger partial charge in [-0.2, -0.15) is 4.68 Å². The van der Waals surface area contributed by atoms with E-state index in [0.29, 0.717) is 30.1 Å². The number of aromatic nitrogens is 3. The van der Waals surface area contributed by atoms with E-state index in [2.05, 4.69) is 10.00 Å². The highest BCUT2D eigenvalue weighted by Gasteiger charge is 2.22. The molecule has 5 rings (SSSR count). The van der Waals surface area contributed by atoms with Crippen LogP contribution in [-0.2, 0) is 6.54 Å². The van der Waals surface area contributed by atoms with Crippen molar-refractivity contribution in [2.75, 3.05) is 25.0 Å². The Morgan fingerprint density at radius 2 is 1.79 bits per heavy atom. The molecule has 1 aliphatic heterocycles. The first-order chi connectivity index (χ1) is 14.1. The molecule has 1 aliphatic rings. The predicted molar refractivity (Wildman–Crippen MR) is 111 cm³/mol. The van der Waals surface area contributed by atoms with Crippen molar-refractivity contribution in [3.05, 3.63) is 88.7 Å². The Kier molecular flexibility index (Phi) is 4.17. The van der Waals surface area contributed by atoms with Gasteiger partial charge in [-0.25, -0.2) is 13.6 Å². The van der Waals surface area contributed by atoms with Gasteiger partial charge in [0.2, 0.25) is 0 Å². The highest BCUT2D eigenvalue weighted by Crippen LogP contribution is 2.33. The van der Waals surface area contributed by atoms with E-state index >= 15 is 0 Å². The second kappa shape index (κ2) is 6.86. The summed E-state index contributed by atoms with van der Waals surface area (Å²) in [6.07, 6.45) is 1.71. The van der Waals surface area contributed by atoms with E-state index in [1.54, 1.807) is 30.5 Å². The second-order valence-electron chi connectivity index (χ2n) is 7.28. The molecule has 3 heterocycles. The van der Waals surface area contributed by atoms with Crippen LogP contribution in [0.4, 0.5) is 15.8 Å². The maximum absolute atomic E-state index is 14.5. The molecule has 0 N–H and O–H groups in total. The third-order valence-corrected chi connectivity index (χ3v) is 5.32. The number of anilines is 2. The number of hydrogen-bond acceptors (Lipinski definition) is 4. The summed E-state index contributed by atoms with van der Waals surface area (Å²) in [6.45, 7) is 2.18. The maximum atomic E-state index is 14.5. The Morgan fingerprint density at radius 3 is 2.62 bits per heavy atom. The van der Waals surface area contributed by atoms with E-state index in [4.69, 9.17) is 0 Å². The average Bonchev–Trinajstić information content (AvgIpc) is 2.97. The van der Waals surface area contributed by atoms with Gasteiger partial charge < -0.3 is 9.80 Å². The fourth-order valence-electron chi connectivity index (χ4n) is 3.87. The lowest BCUT2D eigenvalue weighted by Gasteiger charge is -2.25. The number of pyridine rings is 1. The van der Waals surface area contributed by atoms with Crippen LogP contribution >= 0.6 is 0 Å². The van der Waals surface area contributed by atoms with Gasteiger partial charge in [0, 0.05) is 31.5 Å². The minimum Gasteiger partial charge on any atom is -0.338 e. The monoisotopic (exact) mass is 389 g/mol. The van der Waals surface area contributed by atoms with Gasteiger partial charge in [-0.3, -0.25) is 0 Å². The second-order valence-corrected chi connectivity index (χ2v) is 7.28. The number of likely N-dealkylation sites (N-methyl/N-ethyl adjacent to an activating group) is 1. The number of fused-ring (bicyclic) bond motifs is 2. The Labute approximate surface area is 167 Å². The van der Waals surface area contributed by atoms with Crippen molar-refractivity contribution in [1.82, 2.24) is 19.1 Å². The molecule has 146 valence electrons. The fraction of sp³-hybridized carbons (Fsp3) is 0.182. The van der Waals surface area contributed by atoms with E-state index in [1.807, 2.05) is 42.3 Å². The van der Waals surface area contributed by atoms with Crippen molar-refractivity contribution >= 4 is 17.0 Å². The van der Waals surface area contributed by atoms with Crippen LogP contribution in [0.1, 0.15) is 5.56 Å². The maximum Gasteiger partial charge on any atom is 0.355 e. The first-order valence-electron chi connectivity index (χ1n) is 9.52. The minimum absolute atomic E-state index is 0.214. The van der Waals surface area contributed by atoms with Gasteiger partial charge in [-0.1, -0.05) is 18.2 Å². The molecule has 0 saturated carbocycles. The zero-order valence-electron chi connectivity index (χ0n) is 16.0. The Hall–Kier alpha value is -3.45. The summed E-state index contributed by atoms with van der Waals surface area (Å²) in [4.78, 5) is 16.9. The van der Waals surface area contributed by atoms with Gasteiger partial charge in [0.25, 0.3) is 0 Å². The summed E-state index contributed by atoms with van der Waals surface area (Å²) >= 11 is 0. The molecule has 6 nitrogen and oxygen atoms in total. The van der Waals surface area contributed by atoms with Gasteiger partial charge in [0.05, 0.1) is 11.4 Å². The summed E-state index contributed by atoms with van der Waals surface area (Å²) in [7, 11) is 2.04. The lowest BCUT2D eigenvalue weighted by molar-refractivity contribution is 0.343. The number of nitrogens with zero attached hydrogens (tertiary/aromatic N) is 5. The van der Waals surface area contributed by atoms with Crippen molar-refractivity contribution in [2.45, 2.75) is 6.54 Å². The molecule has 0 atom stereocenters. The summed E-state index contributed by atoms with van der Waals surface area (Å²) in [5.74, 6) is -0.247. The molecule has 4 aromatic rings. The lowest BCUT2D eigenvalue weighted by Crippen LogP contribution is -2.26. The van der Waals surface area contributed by atoms with Crippen LogP contribution in [0.5, 0.6) is 0 Å². The SMILES string of the molecule is CN1CCN(c2ccccc2F)c2ccc(-n3nc4ccccn4c3=O)cc2C1. The molecule has 0 saturated heterocycles. The van der Waals surface area contributed by atoms with Gasteiger partial charge in [-0.15, -0.1) is 5.10 Å². The normalized spacial score (nSPS) is 14.8. The molecule has 0 spiro atoms. The van der Waals surface area contributed by atoms with Gasteiger partial charge in [0.1, 0.15) is 5.82 Å². The molecule has 0 radical (unpaired) electrons. The Balaban J connectivity index is 1.65. The average molecular weight is 389 g/mol. The molecule has 0 fully saturated rings. The van der Waals surface area contributed by atoms with Crippen molar-refractivity contribution in [3.8, 4) is 5.69 Å². The van der Waals surface area contributed by atoms with Crippen LogP contribution in [0.2, 0.25) is 0 Å². The van der Waals surface area contributed by atoms with E-state index in [-0.39, 0.29) is 11.5 Å². The molecule has 0 bridgehead atoms. The first-order valence-corrected chi connectivity index (χ1v) is 9.52. The number of rotatable bonds is 2. The van der Waals surface area contributed by atoms with Crippen molar-refractivity contribution < 1.29 is 4.39 Å². The van der Waals surface area contributed by atoms with Crippen molar-refractivity contribution in [3.63, 3.8) is 0 Å². The number of para-hydroxylation sites is 1. The zero-order chi connectivity index (χ0) is 20.0. The number of benzene rings is 2. The molecule has 0 amide bonds. The molecular formula is C22H20FN5O. The third kappa shape index (κ3) is 3.00. The quantitative estimate of drug-likeness (QED) is 0.528. The standard InChI is InChI=1S/C22H20FN5O/c1-25-12-13-26(20-7-3-2-6-18(20)23)19-10-9-17(14-16(19)15-25)28-22(29)27-11-5-4-8-21(27)24-28/h2-11,14H,12-13,15H2,1H3. The smallest absolute Gasteiger partial charge is 0.338 e. The third-order valence-electron chi connectivity index (χ3n) is 5.32. The van der Waals surface area contributed by atoms with Crippen LogP contribution in [-0.4, -0.2) is 39.2 Å². The summed E-state index contributed by atoms with van der Waals surface area (Å²) in [5.41, 5.74) is 3.60. The number of hydrogen-bond donors (Lipinski definition) is 0. The van der Waals surface area contributed by atoms with Crippen molar-refractivity contribution in [2.24, 2.45) is 0 Å². The highest BCUT2D eigenvalue weighted by molar-refractivity contribution is 5.69. The zero-order valence-corrected chi connectivity index (χ0v) is 16.0. The van der Waals surface area contributed by atoms with Gasteiger partial charge >= 0.3 is 5.69 Å². The summed E-state index contributed by atoms with van der Waals surface area (Å²) in [5, 5.41) is 4.45. The Morgan fingerprint density at radius 1 is 0.966 bits per heavy atom. The Bertz CT molecular complexity index is 1260. The molecule has 0 unspecified atom stereocenters.